The molecule has 25 heavy (non-hydrogen) atoms. The van der Waals surface area contributed by atoms with E-state index in [2.05, 4.69) is 49.5 Å². The van der Waals surface area contributed by atoms with Gasteiger partial charge in [-0.2, -0.15) is 0 Å². The Morgan fingerprint density at radius 1 is 0.760 bits per heavy atom. The fourth-order valence-corrected chi connectivity index (χ4v) is 3.03. The maximum absolute atomic E-state index is 6.09. The van der Waals surface area contributed by atoms with E-state index in [1.807, 2.05) is 26.0 Å². The second kappa shape index (κ2) is 8.77. The number of rotatable bonds is 8. The second-order valence-electron chi connectivity index (χ2n) is 6.57. The number of nitrogens with two attached hydrogens (primary N) is 1. The van der Waals surface area contributed by atoms with Gasteiger partial charge in [-0.1, -0.05) is 30.3 Å². The molecule has 136 valence electrons. The molecule has 2 aromatic carbocycles. The number of methoxy groups -OCH3 is 2. The van der Waals surface area contributed by atoms with Gasteiger partial charge in [0.05, 0.1) is 25.9 Å². The van der Waals surface area contributed by atoms with E-state index in [9.17, 15) is 0 Å². The second-order valence-corrected chi connectivity index (χ2v) is 6.57. The average molecular weight is 344 g/mol. The summed E-state index contributed by atoms with van der Waals surface area (Å²) in [4.78, 5) is 0. The summed E-state index contributed by atoms with van der Waals surface area (Å²) in [7, 11) is 3.29. The standard InChI is InChI=1S/C21H29NO3/c1-14(2)25-20-18(12-13-19(23-5)21(20)24-6)16(4)22-15(3)17-10-8-7-9-11-17/h7-16,22H,1-6H3/p+1/t15-,16-/m0/s1. The van der Waals surface area contributed by atoms with Crippen LogP contribution in [0.15, 0.2) is 42.5 Å². The molecule has 0 aliphatic heterocycles. The van der Waals surface area contributed by atoms with Crippen molar-refractivity contribution in [2.75, 3.05) is 14.2 Å². The van der Waals surface area contributed by atoms with Gasteiger partial charge in [-0.25, -0.2) is 0 Å². The van der Waals surface area contributed by atoms with Gasteiger partial charge in [-0.05, 0) is 39.8 Å². The minimum Gasteiger partial charge on any atom is -0.493 e. The van der Waals surface area contributed by atoms with Crippen LogP contribution in [0, 0.1) is 0 Å². The highest BCUT2D eigenvalue weighted by Crippen LogP contribution is 2.42. The largest absolute Gasteiger partial charge is 0.493 e. The first-order valence-electron chi connectivity index (χ1n) is 8.79. The van der Waals surface area contributed by atoms with Gasteiger partial charge in [0.15, 0.2) is 11.5 Å². The van der Waals surface area contributed by atoms with Crippen LogP contribution in [0.2, 0.25) is 0 Å². The topological polar surface area (TPSA) is 44.3 Å². The zero-order valence-corrected chi connectivity index (χ0v) is 16.1. The molecule has 2 rings (SSSR count). The summed E-state index contributed by atoms with van der Waals surface area (Å²) < 4.78 is 17.1. The molecule has 0 aromatic heterocycles. The van der Waals surface area contributed by atoms with Gasteiger partial charge in [-0.3, -0.25) is 0 Å². The quantitative estimate of drug-likeness (QED) is 0.790. The highest BCUT2D eigenvalue weighted by atomic mass is 16.5. The molecule has 4 heteroatoms. The van der Waals surface area contributed by atoms with E-state index in [4.69, 9.17) is 14.2 Å². The molecule has 0 radical (unpaired) electrons. The summed E-state index contributed by atoms with van der Waals surface area (Å²) in [6.07, 6.45) is 0.0542. The van der Waals surface area contributed by atoms with Gasteiger partial charge in [-0.15, -0.1) is 0 Å². The van der Waals surface area contributed by atoms with Crippen LogP contribution in [-0.2, 0) is 0 Å². The third kappa shape index (κ3) is 4.67. The summed E-state index contributed by atoms with van der Waals surface area (Å²) in [5, 5.41) is 2.34. The maximum Gasteiger partial charge on any atom is 0.203 e. The summed E-state index contributed by atoms with van der Waals surface area (Å²) >= 11 is 0. The van der Waals surface area contributed by atoms with E-state index in [1.54, 1.807) is 14.2 Å². The summed E-state index contributed by atoms with van der Waals surface area (Å²) in [5.74, 6) is 2.10. The average Bonchev–Trinajstić information content (AvgIpc) is 2.61. The molecule has 2 N–H and O–H groups in total. The monoisotopic (exact) mass is 344 g/mol. The third-order valence-corrected chi connectivity index (χ3v) is 4.28. The Bertz CT molecular complexity index is 670. The fourth-order valence-electron chi connectivity index (χ4n) is 3.03. The molecule has 4 nitrogen and oxygen atoms in total. The van der Waals surface area contributed by atoms with E-state index in [-0.39, 0.29) is 12.1 Å². The Hall–Kier alpha value is -2.20. The van der Waals surface area contributed by atoms with Crippen molar-refractivity contribution in [1.82, 2.24) is 0 Å². The highest BCUT2D eigenvalue weighted by Gasteiger charge is 2.24. The van der Waals surface area contributed by atoms with Crippen LogP contribution in [0.3, 0.4) is 0 Å². The molecule has 2 aromatic rings. The van der Waals surface area contributed by atoms with Gasteiger partial charge >= 0.3 is 0 Å². The van der Waals surface area contributed by atoms with Crippen molar-refractivity contribution in [2.24, 2.45) is 0 Å². The molecule has 0 amide bonds. The van der Waals surface area contributed by atoms with Crippen LogP contribution < -0.4 is 19.5 Å². The number of quaternary nitrogens is 1. The molecule has 0 aliphatic carbocycles. The molecule has 0 saturated heterocycles. The number of hydrogen-bond acceptors (Lipinski definition) is 3. The van der Waals surface area contributed by atoms with Crippen molar-refractivity contribution < 1.29 is 19.5 Å². The highest BCUT2D eigenvalue weighted by molar-refractivity contribution is 5.56. The lowest BCUT2D eigenvalue weighted by molar-refractivity contribution is -0.728. The first-order chi connectivity index (χ1) is 12.0. The van der Waals surface area contributed by atoms with Gasteiger partial charge in [0.25, 0.3) is 0 Å². The molecule has 0 heterocycles. The number of benzene rings is 2. The van der Waals surface area contributed by atoms with Crippen molar-refractivity contribution in [3.05, 3.63) is 53.6 Å². The molecule has 0 fully saturated rings. The van der Waals surface area contributed by atoms with Crippen LogP contribution in [0.5, 0.6) is 17.2 Å². The molecule has 0 aliphatic rings. The fraction of sp³-hybridized carbons (Fsp3) is 0.429. The zero-order chi connectivity index (χ0) is 18.4. The van der Waals surface area contributed by atoms with Gasteiger partial charge in [0, 0.05) is 5.56 Å². The van der Waals surface area contributed by atoms with Crippen LogP contribution in [0.4, 0.5) is 0 Å². The van der Waals surface area contributed by atoms with Crippen molar-refractivity contribution in [2.45, 2.75) is 45.9 Å². The smallest absolute Gasteiger partial charge is 0.203 e. The predicted molar refractivity (Wildman–Crippen MR) is 101 cm³/mol. The van der Waals surface area contributed by atoms with Gasteiger partial charge in [0.2, 0.25) is 5.75 Å². The van der Waals surface area contributed by atoms with Gasteiger partial charge < -0.3 is 19.5 Å². The minimum atomic E-state index is 0.0542. The van der Waals surface area contributed by atoms with Crippen LogP contribution >= 0.6 is 0 Å². The third-order valence-electron chi connectivity index (χ3n) is 4.28. The predicted octanol–water partition coefficient (Wildman–Crippen LogP) is 3.88. The first-order valence-corrected chi connectivity index (χ1v) is 8.79. The van der Waals surface area contributed by atoms with E-state index < -0.39 is 0 Å². The van der Waals surface area contributed by atoms with Crippen molar-refractivity contribution >= 4 is 0 Å². The minimum absolute atomic E-state index is 0.0542. The Labute approximate surface area is 151 Å². The lowest BCUT2D eigenvalue weighted by atomic mass is 10.0. The van der Waals surface area contributed by atoms with Gasteiger partial charge in [0.1, 0.15) is 12.1 Å². The Balaban J connectivity index is 2.33. The van der Waals surface area contributed by atoms with Crippen molar-refractivity contribution in [1.29, 1.82) is 0 Å². The Morgan fingerprint density at radius 2 is 1.44 bits per heavy atom. The Morgan fingerprint density at radius 3 is 2.00 bits per heavy atom. The molecular formula is C21H30NO3+. The lowest BCUT2D eigenvalue weighted by Crippen LogP contribution is -2.85. The van der Waals surface area contributed by atoms with E-state index in [0.717, 1.165) is 11.3 Å². The molecule has 0 unspecified atom stereocenters. The van der Waals surface area contributed by atoms with Crippen LogP contribution in [-0.4, -0.2) is 20.3 Å². The molecule has 2 atom stereocenters. The molecule has 0 bridgehead atoms. The van der Waals surface area contributed by atoms with E-state index in [1.165, 1.54) is 5.56 Å². The van der Waals surface area contributed by atoms with E-state index >= 15 is 0 Å². The lowest BCUT2D eigenvalue weighted by Gasteiger charge is -2.23. The molecule has 0 spiro atoms. The van der Waals surface area contributed by atoms with Crippen LogP contribution in [0.25, 0.3) is 0 Å². The number of ether oxygens (including phenoxy) is 3. The summed E-state index contributed by atoms with van der Waals surface area (Å²) in [5.41, 5.74) is 2.41. The van der Waals surface area contributed by atoms with Crippen molar-refractivity contribution in [3.63, 3.8) is 0 Å². The summed E-state index contributed by atoms with van der Waals surface area (Å²) in [6.45, 7) is 8.44. The number of hydrogen-bond donors (Lipinski definition) is 1. The zero-order valence-electron chi connectivity index (χ0n) is 16.1. The normalized spacial score (nSPS) is 13.4. The molecular weight excluding hydrogens is 314 g/mol. The maximum atomic E-state index is 6.09. The Kier molecular flexibility index (Phi) is 6.71. The van der Waals surface area contributed by atoms with E-state index in [0.29, 0.717) is 17.5 Å². The SMILES string of the molecule is COc1ccc([C@H](C)[NH2+][C@@H](C)c2ccccc2)c(OC(C)C)c1OC. The van der Waals surface area contributed by atoms with Crippen molar-refractivity contribution in [3.8, 4) is 17.2 Å². The molecule has 0 saturated carbocycles. The first kappa shape index (κ1) is 19.1. The van der Waals surface area contributed by atoms with Crippen LogP contribution in [0.1, 0.15) is 50.9 Å². The summed E-state index contributed by atoms with van der Waals surface area (Å²) in [6, 6.07) is 15.1.